The first-order valence-electron chi connectivity index (χ1n) is 5.85. The van der Waals surface area contributed by atoms with Gasteiger partial charge in [0.2, 0.25) is 5.91 Å². The second-order valence-electron chi connectivity index (χ2n) is 5.24. The third-order valence-corrected chi connectivity index (χ3v) is 5.29. The van der Waals surface area contributed by atoms with Gasteiger partial charge < -0.3 is 14.7 Å². The number of hydrogen-bond donors (Lipinski definition) is 1. The van der Waals surface area contributed by atoms with Crippen LogP contribution in [0, 0.1) is 0 Å². The predicted octanol–water partition coefficient (Wildman–Crippen LogP) is -0.582. The van der Waals surface area contributed by atoms with Gasteiger partial charge in [0.1, 0.15) is 4.75 Å². The van der Waals surface area contributed by atoms with Gasteiger partial charge in [0.15, 0.2) is 9.84 Å². The van der Waals surface area contributed by atoms with Crippen molar-refractivity contribution in [2.24, 2.45) is 0 Å². The van der Waals surface area contributed by atoms with E-state index in [2.05, 4.69) is 0 Å². The SMILES string of the molecule is CC1CN(C(=O)C(C)(C)S(C)(=O)=O)CC(CO)O1. The first-order chi connectivity index (χ1) is 8.09. The molecule has 0 aliphatic carbocycles. The molecule has 0 aromatic rings. The van der Waals surface area contributed by atoms with E-state index in [1.807, 2.05) is 0 Å². The Morgan fingerprint density at radius 1 is 1.44 bits per heavy atom. The monoisotopic (exact) mass is 279 g/mol. The van der Waals surface area contributed by atoms with Gasteiger partial charge in [-0.15, -0.1) is 0 Å². The Kier molecular flexibility index (Phi) is 4.40. The summed E-state index contributed by atoms with van der Waals surface area (Å²) >= 11 is 0. The normalized spacial score (nSPS) is 26.2. The second-order valence-corrected chi connectivity index (χ2v) is 7.81. The summed E-state index contributed by atoms with van der Waals surface area (Å²) in [7, 11) is -3.49. The summed E-state index contributed by atoms with van der Waals surface area (Å²) in [6.07, 6.45) is 0.390. The Balaban J connectivity index is 2.90. The molecule has 0 aromatic carbocycles. The van der Waals surface area contributed by atoms with Crippen molar-refractivity contribution < 1.29 is 23.1 Å². The van der Waals surface area contributed by atoms with Crippen molar-refractivity contribution in [3.8, 4) is 0 Å². The fourth-order valence-electron chi connectivity index (χ4n) is 1.85. The number of carbonyl (C=O) groups excluding carboxylic acids is 1. The number of aliphatic hydroxyl groups excluding tert-OH is 1. The number of sulfone groups is 1. The van der Waals surface area contributed by atoms with Crippen LogP contribution in [0.5, 0.6) is 0 Å². The number of aliphatic hydroxyl groups is 1. The molecule has 0 saturated carbocycles. The molecule has 1 saturated heterocycles. The van der Waals surface area contributed by atoms with Gasteiger partial charge in [-0.25, -0.2) is 8.42 Å². The summed E-state index contributed by atoms with van der Waals surface area (Å²) in [6.45, 7) is 4.97. The molecule has 1 fully saturated rings. The number of nitrogens with zero attached hydrogens (tertiary/aromatic N) is 1. The molecule has 0 spiro atoms. The second kappa shape index (κ2) is 5.14. The first-order valence-corrected chi connectivity index (χ1v) is 7.74. The van der Waals surface area contributed by atoms with E-state index in [1.54, 1.807) is 6.92 Å². The van der Waals surface area contributed by atoms with Crippen molar-refractivity contribution in [1.29, 1.82) is 0 Å². The number of carbonyl (C=O) groups is 1. The van der Waals surface area contributed by atoms with E-state index < -0.39 is 26.6 Å². The number of ether oxygens (including phenoxy) is 1. The Bertz CT molecular complexity index is 417. The fourth-order valence-corrected chi connectivity index (χ4v) is 2.30. The van der Waals surface area contributed by atoms with Crippen molar-refractivity contribution in [2.45, 2.75) is 37.7 Å². The molecular formula is C11H21NO5S. The molecule has 0 aromatic heterocycles. The van der Waals surface area contributed by atoms with Crippen molar-refractivity contribution in [2.75, 3.05) is 26.0 Å². The van der Waals surface area contributed by atoms with Crippen LogP contribution in [-0.2, 0) is 19.4 Å². The summed E-state index contributed by atoms with van der Waals surface area (Å²) in [6, 6.07) is 0. The Hall–Kier alpha value is -0.660. The van der Waals surface area contributed by atoms with Gasteiger partial charge in [0.25, 0.3) is 0 Å². The van der Waals surface area contributed by atoms with Crippen molar-refractivity contribution in [1.82, 2.24) is 4.90 Å². The zero-order valence-corrected chi connectivity index (χ0v) is 12.0. The molecular weight excluding hydrogens is 258 g/mol. The molecule has 106 valence electrons. The zero-order valence-electron chi connectivity index (χ0n) is 11.2. The predicted molar refractivity (Wildman–Crippen MR) is 66.9 cm³/mol. The summed E-state index contributed by atoms with van der Waals surface area (Å²) in [5, 5.41) is 9.09. The summed E-state index contributed by atoms with van der Waals surface area (Å²) in [4.78, 5) is 13.7. The van der Waals surface area contributed by atoms with Crippen LogP contribution in [0.4, 0.5) is 0 Å². The lowest BCUT2D eigenvalue weighted by molar-refractivity contribution is -0.148. The highest BCUT2D eigenvalue weighted by molar-refractivity contribution is 7.92. The van der Waals surface area contributed by atoms with Crippen LogP contribution < -0.4 is 0 Å². The van der Waals surface area contributed by atoms with Crippen LogP contribution in [0.2, 0.25) is 0 Å². The first kappa shape index (κ1) is 15.4. The standard InChI is InChI=1S/C11H21NO5S/c1-8-5-12(6-9(7-13)17-8)10(14)11(2,3)18(4,15)16/h8-9,13H,5-7H2,1-4H3. The minimum absolute atomic E-state index is 0.187. The maximum absolute atomic E-state index is 12.3. The lowest BCUT2D eigenvalue weighted by atomic mass is 10.1. The van der Waals surface area contributed by atoms with Crippen LogP contribution in [0.1, 0.15) is 20.8 Å². The number of hydrogen-bond acceptors (Lipinski definition) is 5. The number of rotatable bonds is 3. The highest BCUT2D eigenvalue weighted by Crippen LogP contribution is 2.21. The maximum Gasteiger partial charge on any atom is 0.243 e. The molecule has 7 heteroatoms. The van der Waals surface area contributed by atoms with Crippen LogP contribution in [-0.4, -0.2) is 67.2 Å². The average Bonchev–Trinajstić information content (AvgIpc) is 2.25. The van der Waals surface area contributed by atoms with E-state index in [4.69, 9.17) is 9.84 Å². The largest absolute Gasteiger partial charge is 0.394 e. The van der Waals surface area contributed by atoms with Crippen LogP contribution >= 0.6 is 0 Å². The summed E-state index contributed by atoms with van der Waals surface area (Å²) in [5.74, 6) is -0.446. The van der Waals surface area contributed by atoms with Crippen LogP contribution in [0.15, 0.2) is 0 Å². The van der Waals surface area contributed by atoms with Crippen molar-refractivity contribution in [3.63, 3.8) is 0 Å². The molecule has 1 aliphatic heterocycles. The molecule has 2 atom stereocenters. The smallest absolute Gasteiger partial charge is 0.243 e. The van der Waals surface area contributed by atoms with E-state index in [0.717, 1.165) is 6.26 Å². The lowest BCUT2D eigenvalue weighted by Crippen LogP contribution is -2.57. The van der Waals surface area contributed by atoms with Gasteiger partial charge in [-0.05, 0) is 20.8 Å². The molecule has 0 radical (unpaired) electrons. The molecule has 0 bridgehead atoms. The Morgan fingerprint density at radius 3 is 2.44 bits per heavy atom. The minimum atomic E-state index is -3.49. The van der Waals surface area contributed by atoms with E-state index in [-0.39, 0.29) is 19.3 Å². The molecule has 1 aliphatic rings. The maximum atomic E-state index is 12.3. The topological polar surface area (TPSA) is 83.9 Å². The molecule has 1 heterocycles. The summed E-state index contributed by atoms with van der Waals surface area (Å²) < 4.78 is 27.2. The van der Waals surface area contributed by atoms with Crippen molar-refractivity contribution >= 4 is 15.7 Å². The van der Waals surface area contributed by atoms with E-state index in [1.165, 1.54) is 18.7 Å². The molecule has 1 rings (SSSR count). The number of morpholine rings is 1. The Labute approximate surface area is 108 Å². The van der Waals surface area contributed by atoms with E-state index in [0.29, 0.717) is 6.54 Å². The van der Waals surface area contributed by atoms with E-state index >= 15 is 0 Å². The van der Waals surface area contributed by atoms with Gasteiger partial charge in [-0.2, -0.15) is 0 Å². The average molecular weight is 279 g/mol. The van der Waals surface area contributed by atoms with Gasteiger partial charge in [-0.1, -0.05) is 0 Å². The highest BCUT2D eigenvalue weighted by Gasteiger charge is 2.43. The van der Waals surface area contributed by atoms with Gasteiger partial charge in [0, 0.05) is 19.3 Å². The lowest BCUT2D eigenvalue weighted by Gasteiger charge is -2.39. The Morgan fingerprint density at radius 2 is 2.00 bits per heavy atom. The zero-order chi connectivity index (χ0) is 14.1. The third kappa shape index (κ3) is 3.02. The number of amides is 1. The highest BCUT2D eigenvalue weighted by atomic mass is 32.2. The van der Waals surface area contributed by atoms with Gasteiger partial charge in [-0.3, -0.25) is 4.79 Å². The fraction of sp³-hybridized carbons (Fsp3) is 0.909. The van der Waals surface area contributed by atoms with E-state index in [9.17, 15) is 13.2 Å². The molecule has 6 nitrogen and oxygen atoms in total. The van der Waals surface area contributed by atoms with Crippen molar-refractivity contribution in [3.05, 3.63) is 0 Å². The minimum Gasteiger partial charge on any atom is -0.394 e. The quantitative estimate of drug-likeness (QED) is 0.747. The molecule has 1 N–H and O–H groups in total. The van der Waals surface area contributed by atoms with Gasteiger partial charge >= 0.3 is 0 Å². The molecule has 1 amide bonds. The third-order valence-electron chi connectivity index (χ3n) is 3.26. The molecule has 2 unspecified atom stereocenters. The van der Waals surface area contributed by atoms with Gasteiger partial charge in [0.05, 0.1) is 18.8 Å². The van der Waals surface area contributed by atoms with Crippen LogP contribution in [0.3, 0.4) is 0 Å². The summed E-state index contributed by atoms with van der Waals surface area (Å²) in [5.41, 5.74) is 0. The molecule has 18 heavy (non-hydrogen) atoms. The van der Waals surface area contributed by atoms with Crippen LogP contribution in [0.25, 0.3) is 0 Å².